The summed E-state index contributed by atoms with van der Waals surface area (Å²) in [5, 5.41) is 0. The molecule has 0 aromatic carbocycles. The molecule has 0 amide bonds. The smallest absolute Gasteiger partial charge is 0.339 e. The predicted molar refractivity (Wildman–Crippen MR) is 58.9 cm³/mol. The minimum atomic E-state index is -0.312. The number of aromatic nitrogens is 1. The largest absolute Gasteiger partial charge is 0.459 e. The van der Waals surface area contributed by atoms with Crippen molar-refractivity contribution in [2.24, 2.45) is 0 Å². The molecule has 0 atom stereocenters. The summed E-state index contributed by atoms with van der Waals surface area (Å²) in [5.74, 6) is 0.0629. The maximum atomic E-state index is 11.5. The van der Waals surface area contributed by atoms with Crippen LogP contribution in [0.15, 0.2) is 18.3 Å². The van der Waals surface area contributed by atoms with Crippen LogP contribution in [-0.4, -0.2) is 17.1 Å². The van der Waals surface area contributed by atoms with Gasteiger partial charge in [-0.15, -0.1) is 0 Å². The van der Waals surface area contributed by atoms with Crippen LogP contribution in [-0.2, 0) is 4.74 Å². The van der Waals surface area contributed by atoms with Crippen molar-refractivity contribution in [3.05, 3.63) is 29.6 Å². The molecule has 1 aromatic rings. The molecule has 0 saturated heterocycles. The minimum absolute atomic E-state index is 0.0951. The third-order valence-electron chi connectivity index (χ3n) is 1.96. The summed E-state index contributed by atoms with van der Waals surface area (Å²) in [4.78, 5) is 15.7. The summed E-state index contributed by atoms with van der Waals surface area (Å²) >= 11 is 0. The van der Waals surface area contributed by atoms with E-state index in [0.717, 1.165) is 5.69 Å². The molecule has 0 fully saturated rings. The van der Waals surface area contributed by atoms with Crippen molar-refractivity contribution >= 4 is 5.97 Å². The van der Waals surface area contributed by atoms with Gasteiger partial charge in [0, 0.05) is 11.9 Å². The van der Waals surface area contributed by atoms with Crippen LogP contribution in [0.1, 0.15) is 49.7 Å². The maximum absolute atomic E-state index is 11.5. The first-order valence-corrected chi connectivity index (χ1v) is 5.17. The Morgan fingerprint density at radius 1 is 1.27 bits per heavy atom. The van der Waals surface area contributed by atoms with E-state index < -0.39 is 0 Å². The van der Waals surface area contributed by atoms with Crippen LogP contribution in [0, 0.1) is 0 Å². The van der Waals surface area contributed by atoms with E-state index in [4.69, 9.17) is 4.74 Å². The van der Waals surface area contributed by atoms with E-state index in [0.29, 0.717) is 11.5 Å². The Morgan fingerprint density at radius 2 is 1.93 bits per heavy atom. The van der Waals surface area contributed by atoms with Crippen LogP contribution >= 0.6 is 0 Å². The fraction of sp³-hybridized carbons (Fsp3) is 0.500. The molecule has 0 N–H and O–H groups in total. The minimum Gasteiger partial charge on any atom is -0.459 e. The number of hydrogen-bond donors (Lipinski definition) is 0. The molecule has 0 aliphatic carbocycles. The first-order chi connectivity index (χ1) is 7.00. The molecule has 0 aliphatic heterocycles. The van der Waals surface area contributed by atoms with Crippen molar-refractivity contribution in [2.45, 2.75) is 39.7 Å². The highest BCUT2D eigenvalue weighted by atomic mass is 16.5. The first-order valence-electron chi connectivity index (χ1n) is 5.17. The van der Waals surface area contributed by atoms with Crippen molar-refractivity contribution < 1.29 is 9.53 Å². The molecule has 82 valence electrons. The van der Waals surface area contributed by atoms with Gasteiger partial charge in [-0.2, -0.15) is 0 Å². The van der Waals surface area contributed by atoms with Gasteiger partial charge in [-0.05, 0) is 31.9 Å². The lowest BCUT2D eigenvalue weighted by Gasteiger charge is -2.08. The third-order valence-corrected chi connectivity index (χ3v) is 1.96. The number of carbonyl (C=O) groups is 1. The number of hydrogen-bond acceptors (Lipinski definition) is 3. The molecule has 1 rings (SSSR count). The van der Waals surface area contributed by atoms with Crippen molar-refractivity contribution in [1.82, 2.24) is 4.98 Å². The van der Waals surface area contributed by atoms with E-state index >= 15 is 0 Å². The molecule has 3 heteroatoms. The summed E-state index contributed by atoms with van der Waals surface area (Å²) in [6.07, 6.45) is 1.47. The van der Waals surface area contributed by atoms with Gasteiger partial charge in [-0.25, -0.2) is 4.79 Å². The van der Waals surface area contributed by atoms with Gasteiger partial charge in [-0.3, -0.25) is 4.98 Å². The third kappa shape index (κ3) is 3.35. The average Bonchev–Trinajstić information content (AvgIpc) is 2.17. The number of carbonyl (C=O) groups excluding carboxylic acids is 1. The van der Waals surface area contributed by atoms with E-state index in [9.17, 15) is 4.79 Å². The molecular formula is C12H17NO2. The van der Waals surface area contributed by atoms with E-state index in [2.05, 4.69) is 18.8 Å². The van der Waals surface area contributed by atoms with E-state index in [1.54, 1.807) is 12.3 Å². The zero-order chi connectivity index (χ0) is 11.4. The Balaban J connectivity index is 2.75. The number of nitrogens with zero attached hydrogens (tertiary/aromatic N) is 1. The van der Waals surface area contributed by atoms with E-state index in [1.165, 1.54) is 0 Å². The van der Waals surface area contributed by atoms with Crippen LogP contribution < -0.4 is 0 Å². The molecule has 1 heterocycles. The topological polar surface area (TPSA) is 39.2 Å². The lowest BCUT2D eigenvalue weighted by molar-refractivity contribution is 0.0377. The molecule has 1 aromatic heterocycles. The second kappa shape index (κ2) is 4.91. The monoisotopic (exact) mass is 207 g/mol. The molecule has 0 radical (unpaired) electrons. The van der Waals surface area contributed by atoms with Crippen molar-refractivity contribution in [3.8, 4) is 0 Å². The van der Waals surface area contributed by atoms with Crippen molar-refractivity contribution in [2.75, 3.05) is 0 Å². The molecule has 0 aliphatic rings. The van der Waals surface area contributed by atoms with E-state index in [-0.39, 0.29) is 12.1 Å². The zero-order valence-corrected chi connectivity index (χ0v) is 9.65. The SMILES string of the molecule is CC(C)OC(=O)c1ccc(C(C)C)nc1. The fourth-order valence-corrected chi connectivity index (χ4v) is 1.15. The highest BCUT2D eigenvalue weighted by molar-refractivity contribution is 5.89. The zero-order valence-electron chi connectivity index (χ0n) is 9.65. The highest BCUT2D eigenvalue weighted by Crippen LogP contribution is 2.12. The summed E-state index contributed by atoms with van der Waals surface area (Å²) < 4.78 is 5.06. The van der Waals surface area contributed by atoms with Crippen LogP contribution in [0.5, 0.6) is 0 Å². The number of rotatable bonds is 3. The number of pyridine rings is 1. The molecular weight excluding hydrogens is 190 g/mol. The van der Waals surface area contributed by atoms with Crippen LogP contribution in [0.25, 0.3) is 0 Å². The van der Waals surface area contributed by atoms with Gasteiger partial charge in [0.05, 0.1) is 11.7 Å². The Morgan fingerprint density at radius 3 is 2.33 bits per heavy atom. The molecule has 0 unspecified atom stereocenters. The second-order valence-corrected chi connectivity index (χ2v) is 4.08. The van der Waals surface area contributed by atoms with Crippen molar-refractivity contribution in [3.63, 3.8) is 0 Å². The summed E-state index contributed by atoms with van der Waals surface area (Å²) in [5.41, 5.74) is 1.49. The van der Waals surface area contributed by atoms with Gasteiger partial charge >= 0.3 is 5.97 Å². The van der Waals surface area contributed by atoms with Gasteiger partial charge in [0.25, 0.3) is 0 Å². The van der Waals surface area contributed by atoms with Gasteiger partial charge in [0.2, 0.25) is 0 Å². The fourth-order valence-electron chi connectivity index (χ4n) is 1.15. The van der Waals surface area contributed by atoms with Gasteiger partial charge < -0.3 is 4.74 Å². The van der Waals surface area contributed by atoms with Gasteiger partial charge in [0.15, 0.2) is 0 Å². The summed E-state index contributed by atoms with van der Waals surface area (Å²) in [6, 6.07) is 3.62. The van der Waals surface area contributed by atoms with E-state index in [1.807, 2.05) is 19.9 Å². The van der Waals surface area contributed by atoms with Gasteiger partial charge in [0.1, 0.15) is 0 Å². The van der Waals surface area contributed by atoms with Crippen LogP contribution in [0.2, 0.25) is 0 Å². The Labute approximate surface area is 90.5 Å². The quantitative estimate of drug-likeness (QED) is 0.715. The lowest BCUT2D eigenvalue weighted by Crippen LogP contribution is -2.12. The maximum Gasteiger partial charge on any atom is 0.339 e. The van der Waals surface area contributed by atoms with Crippen molar-refractivity contribution in [1.29, 1.82) is 0 Å². The normalized spacial score (nSPS) is 10.8. The molecule has 0 saturated carbocycles. The Kier molecular flexibility index (Phi) is 3.83. The standard InChI is InChI=1S/C12H17NO2/c1-8(2)11-6-5-10(7-13-11)12(14)15-9(3)4/h5-9H,1-4H3. The summed E-state index contributed by atoms with van der Waals surface area (Å²) in [6.45, 7) is 7.78. The molecule has 0 bridgehead atoms. The lowest BCUT2D eigenvalue weighted by atomic mass is 10.1. The van der Waals surface area contributed by atoms with Crippen LogP contribution in [0.3, 0.4) is 0 Å². The molecule has 0 spiro atoms. The Hall–Kier alpha value is -1.38. The number of esters is 1. The predicted octanol–water partition coefficient (Wildman–Crippen LogP) is 2.77. The first kappa shape index (κ1) is 11.7. The van der Waals surface area contributed by atoms with Crippen LogP contribution in [0.4, 0.5) is 0 Å². The average molecular weight is 207 g/mol. The number of ether oxygens (including phenoxy) is 1. The highest BCUT2D eigenvalue weighted by Gasteiger charge is 2.10. The Bertz CT molecular complexity index is 328. The summed E-state index contributed by atoms with van der Waals surface area (Å²) in [7, 11) is 0. The second-order valence-electron chi connectivity index (χ2n) is 4.08. The molecule has 15 heavy (non-hydrogen) atoms. The molecule has 3 nitrogen and oxygen atoms in total. The van der Waals surface area contributed by atoms with Gasteiger partial charge in [-0.1, -0.05) is 13.8 Å².